The van der Waals surface area contributed by atoms with Crippen LogP contribution in [-0.2, 0) is 11.1 Å². The number of nitrogens with one attached hydrogen (secondary N) is 2. The molecule has 0 spiro atoms. The second-order valence-electron chi connectivity index (χ2n) is 9.75. The highest BCUT2D eigenvalue weighted by molar-refractivity contribution is 7.79. The van der Waals surface area contributed by atoms with Crippen LogP contribution in [-0.4, -0.2) is 74.3 Å². The summed E-state index contributed by atoms with van der Waals surface area (Å²) in [6.45, 7) is 10.1. The van der Waals surface area contributed by atoms with E-state index in [1.165, 1.54) is 0 Å². The first kappa shape index (κ1) is 25.1. The zero-order chi connectivity index (χ0) is 25.0. The molecule has 0 amide bonds. The Labute approximate surface area is 208 Å². The van der Waals surface area contributed by atoms with Gasteiger partial charge in [0.05, 0.1) is 18.7 Å². The first-order valence-corrected chi connectivity index (χ1v) is 12.8. The molecule has 1 atom stereocenters. The summed E-state index contributed by atoms with van der Waals surface area (Å²) in [5.41, 5.74) is 2.63. The van der Waals surface area contributed by atoms with E-state index < -0.39 is 11.1 Å². The van der Waals surface area contributed by atoms with Crippen molar-refractivity contribution in [3.63, 3.8) is 0 Å². The quantitative estimate of drug-likeness (QED) is 0.448. The molecule has 1 unspecified atom stereocenters. The normalized spacial score (nSPS) is 15.7. The van der Waals surface area contributed by atoms with E-state index in [1.54, 1.807) is 19.5 Å². The van der Waals surface area contributed by atoms with Gasteiger partial charge in [-0.1, -0.05) is 20.8 Å². The highest BCUT2D eigenvalue weighted by atomic mass is 32.2. The first-order valence-electron chi connectivity index (χ1n) is 11.6. The zero-order valence-electron chi connectivity index (χ0n) is 20.6. The van der Waals surface area contributed by atoms with Gasteiger partial charge in [-0.15, -0.1) is 0 Å². The van der Waals surface area contributed by atoms with E-state index >= 15 is 0 Å². The van der Waals surface area contributed by atoms with Crippen molar-refractivity contribution in [3.05, 3.63) is 36.7 Å². The average molecular weight is 499 g/mol. The van der Waals surface area contributed by atoms with Gasteiger partial charge in [-0.2, -0.15) is 0 Å². The van der Waals surface area contributed by atoms with Crippen LogP contribution in [0.15, 0.2) is 36.7 Å². The molecule has 1 aliphatic heterocycles. The molecule has 3 aromatic rings. The largest absolute Gasteiger partial charge is 0.771 e. The Bertz CT molecular complexity index is 1190. The number of methoxy groups -OCH3 is 1. The van der Waals surface area contributed by atoms with Crippen molar-refractivity contribution in [1.29, 1.82) is 0 Å². The smallest absolute Gasteiger partial charge is 0.227 e. The Balaban J connectivity index is 1.51. The molecule has 0 aliphatic carbocycles. The SMILES string of the molecule is COc1cc(N2CCN(CS(=O)[O-])CC2)ccc1Nc1ncc2ccnc(NCC(C)(C)C)c2n1. The number of aromatic nitrogens is 3. The molecule has 2 aromatic heterocycles. The second kappa shape index (κ2) is 10.7. The third kappa shape index (κ3) is 6.56. The van der Waals surface area contributed by atoms with E-state index in [4.69, 9.17) is 9.72 Å². The van der Waals surface area contributed by atoms with Crippen molar-refractivity contribution in [2.75, 3.05) is 61.2 Å². The molecule has 0 bridgehead atoms. The maximum atomic E-state index is 11.0. The fourth-order valence-corrected chi connectivity index (χ4v) is 4.44. The summed E-state index contributed by atoms with van der Waals surface area (Å²) >= 11 is -2.05. The molecule has 1 saturated heterocycles. The van der Waals surface area contributed by atoms with Crippen LogP contribution in [0, 0.1) is 5.41 Å². The van der Waals surface area contributed by atoms with Crippen LogP contribution in [0.1, 0.15) is 20.8 Å². The van der Waals surface area contributed by atoms with Crippen molar-refractivity contribution < 1.29 is 13.5 Å². The molecule has 35 heavy (non-hydrogen) atoms. The van der Waals surface area contributed by atoms with Crippen molar-refractivity contribution in [2.24, 2.45) is 5.41 Å². The topological polar surface area (TPSA) is 119 Å². The number of piperazine rings is 1. The molecular weight excluding hydrogens is 466 g/mol. The van der Waals surface area contributed by atoms with Gasteiger partial charge in [0.25, 0.3) is 0 Å². The van der Waals surface area contributed by atoms with Gasteiger partial charge in [0.2, 0.25) is 5.95 Å². The third-order valence-electron chi connectivity index (χ3n) is 5.74. The predicted octanol–water partition coefficient (Wildman–Crippen LogP) is 3.19. The molecule has 11 heteroatoms. The molecule has 1 aromatic carbocycles. The number of pyridine rings is 1. The number of benzene rings is 1. The minimum absolute atomic E-state index is 0.0781. The lowest BCUT2D eigenvalue weighted by Gasteiger charge is -2.36. The van der Waals surface area contributed by atoms with Crippen LogP contribution in [0.3, 0.4) is 0 Å². The predicted molar refractivity (Wildman–Crippen MR) is 139 cm³/mol. The molecule has 0 radical (unpaired) electrons. The standard InChI is InChI=1S/C24H33N7O3S/c1-24(2,3)15-27-22-21-17(7-8-25-22)14-26-23(29-21)28-19-6-5-18(13-20(19)34-4)31-11-9-30(10-12-31)16-35(32)33/h5-8,13-14H,9-12,15-16H2,1-4H3,(H,25,27)(H,32,33)(H,26,28,29)/p-1. The average Bonchev–Trinajstić information content (AvgIpc) is 2.82. The van der Waals surface area contributed by atoms with E-state index in [-0.39, 0.29) is 11.3 Å². The van der Waals surface area contributed by atoms with Crippen molar-refractivity contribution in [3.8, 4) is 5.75 Å². The maximum absolute atomic E-state index is 11.0. The minimum atomic E-state index is -2.05. The summed E-state index contributed by atoms with van der Waals surface area (Å²) in [5.74, 6) is 1.93. The van der Waals surface area contributed by atoms with Gasteiger partial charge in [0.15, 0.2) is 5.82 Å². The molecule has 1 fully saturated rings. The van der Waals surface area contributed by atoms with Crippen LogP contribution in [0.5, 0.6) is 5.75 Å². The number of fused-ring (bicyclic) bond motifs is 1. The van der Waals surface area contributed by atoms with E-state index in [1.807, 2.05) is 29.2 Å². The van der Waals surface area contributed by atoms with Gasteiger partial charge >= 0.3 is 0 Å². The summed E-state index contributed by atoms with van der Waals surface area (Å²) in [6, 6.07) is 7.84. The summed E-state index contributed by atoms with van der Waals surface area (Å²) < 4.78 is 27.6. The van der Waals surface area contributed by atoms with Gasteiger partial charge in [0.1, 0.15) is 11.3 Å². The number of nitrogens with zero attached hydrogens (tertiary/aromatic N) is 5. The number of rotatable bonds is 8. The minimum Gasteiger partial charge on any atom is -0.771 e. The Morgan fingerprint density at radius 2 is 1.91 bits per heavy atom. The maximum Gasteiger partial charge on any atom is 0.227 e. The van der Waals surface area contributed by atoms with Crippen LogP contribution < -0.4 is 20.3 Å². The number of hydrogen-bond donors (Lipinski definition) is 2. The number of hydrogen-bond acceptors (Lipinski definition) is 10. The Kier molecular flexibility index (Phi) is 7.68. The summed E-state index contributed by atoms with van der Waals surface area (Å²) in [4.78, 5) is 17.8. The highest BCUT2D eigenvalue weighted by Crippen LogP contribution is 2.32. The molecule has 3 heterocycles. The lowest BCUT2D eigenvalue weighted by molar-refractivity contribution is 0.291. The molecule has 0 saturated carbocycles. The molecule has 1 aliphatic rings. The lowest BCUT2D eigenvalue weighted by Crippen LogP contribution is -2.47. The van der Waals surface area contributed by atoms with E-state index in [2.05, 4.69) is 46.3 Å². The molecular formula is C24H32N7O3S-. The lowest BCUT2D eigenvalue weighted by atomic mass is 9.97. The van der Waals surface area contributed by atoms with Gasteiger partial charge < -0.3 is 24.8 Å². The summed E-state index contributed by atoms with van der Waals surface area (Å²) in [7, 11) is 1.63. The Hall–Kier alpha value is -3.02. The highest BCUT2D eigenvalue weighted by Gasteiger charge is 2.19. The van der Waals surface area contributed by atoms with Crippen LogP contribution >= 0.6 is 0 Å². The summed E-state index contributed by atoms with van der Waals surface area (Å²) in [6.07, 6.45) is 3.54. The molecule has 4 rings (SSSR count). The van der Waals surface area contributed by atoms with Gasteiger partial charge in [-0.05, 0) is 34.7 Å². The van der Waals surface area contributed by atoms with Gasteiger partial charge in [-0.3, -0.25) is 9.11 Å². The fourth-order valence-electron chi connectivity index (χ4n) is 3.88. The monoisotopic (exact) mass is 498 g/mol. The van der Waals surface area contributed by atoms with E-state index in [9.17, 15) is 8.76 Å². The molecule has 10 nitrogen and oxygen atoms in total. The van der Waals surface area contributed by atoms with Crippen molar-refractivity contribution in [1.82, 2.24) is 19.9 Å². The Morgan fingerprint density at radius 1 is 1.14 bits per heavy atom. The fraction of sp³-hybridized carbons (Fsp3) is 0.458. The second-order valence-corrected chi connectivity index (χ2v) is 10.6. The first-order chi connectivity index (χ1) is 16.7. The number of anilines is 4. The van der Waals surface area contributed by atoms with Crippen LogP contribution in [0.2, 0.25) is 0 Å². The van der Waals surface area contributed by atoms with Crippen molar-refractivity contribution in [2.45, 2.75) is 20.8 Å². The van der Waals surface area contributed by atoms with Crippen LogP contribution in [0.25, 0.3) is 10.9 Å². The van der Waals surface area contributed by atoms with Crippen LogP contribution in [0.4, 0.5) is 23.1 Å². The molecule has 188 valence electrons. The van der Waals surface area contributed by atoms with E-state index in [0.717, 1.165) is 47.7 Å². The van der Waals surface area contributed by atoms with Gasteiger partial charge in [0, 0.05) is 62.3 Å². The molecule has 2 N–H and O–H groups in total. The van der Waals surface area contributed by atoms with Gasteiger partial charge in [-0.25, -0.2) is 15.0 Å². The zero-order valence-corrected chi connectivity index (χ0v) is 21.4. The summed E-state index contributed by atoms with van der Waals surface area (Å²) in [5, 5.41) is 7.58. The third-order valence-corrected chi connectivity index (χ3v) is 6.32. The Morgan fingerprint density at radius 3 is 2.60 bits per heavy atom. The van der Waals surface area contributed by atoms with Crippen molar-refractivity contribution >= 4 is 45.1 Å². The van der Waals surface area contributed by atoms with E-state index in [0.29, 0.717) is 24.8 Å². The number of ether oxygens (including phenoxy) is 1.